The minimum Gasteiger partial charge on any atom is -0.469 e. The molecule has 11 heteroatoms. The zero-order valence-electron chi connectivity index (χ0n) is 22.5. The molecule has 0 bridgehead atoms. The molecule has 0 aliphatic carbocycles. The van der Waals surface area contributed by atoms with E-state index in [9.17, 15) is 22.9 Å². The summed E-state index contributed by atoms with van der Waals surface area (Å²) in [5.41, 5.74) is 3.31. The van der Waals surface area contributed by atoms with Crippen LogP contribution in [0.15, 0.2) is 77.0 Å². The lowest BCUT2D eigenvalue weighted by atomic mass is 9.96. The van der Waals surface area contributed by atoms with Crippen molar-refractivity contribution in [1.29, 1.82) is 5.26 Å². The molecule has 7 nitrogen and oxygen atoms in total. The van der Waals surface area contributed by atoms with Crippen molar-refractivity contribution < 1.29 is 22.3 Å². The molecule has 1 fully saturated rings. The zero-order valence-corrected chi connectivity index (χ0v) is 24.9. The Balaban J connectivity index is 1.68. The van der Waals surface area contributed by atoms with E-state index in [-0.39, 0.29) is 33.0 Å². The molecule has 3 heterocycles. The van der Waals surface area contributed by atoms with Gasteiger partial charge in [0.05, 0.1) is 34.2 Å². The van der Waals surface area contributed by atoms with Crippen LogP contribution >= 0.6 is 22.9 Å². The van der Waals surface area contributed by atoms with Crippen LogP contribution in [0.4, 0.5) is 10.1 Å². The number of nitriles is 1. The molecule has 1 aliphatic heterocycles. The Morgan fingerprint density at radius 3 is 2.50 bits per heavy atom. The topological polar surface area (TPSA) is 92.4 Å². The average molecular weight is 620 g/mol. The highest BCUT2D eigenvalue weighted by atomic mass is 35.5. The number of carbonyl (C=O) groups is 1. The second kappa shape index (κ2) is 10.6. The number of aryl methyl sites for hydroxylation is 1. The molecule has 0 N–H and O–H groups in total. The number of nitrogens with zero attached hydrogens (tertiary/aromatic N) is 3. The zero-order chi connectivity index (χ0) is 29.8. The number of benzene rings is 3. The molecular formula is C31H23ClFN3O4S2. The third-order valence-electron chi connectivity index (χ3n) is 7.47. The highest BCUT2D eigenvalue weighted by Gasteiger charge is 2.35. The number of esters is 1. The molecule has 1 saturated heterocycles. The molecule has 0 unspecified atom stereocenters. The quantitative estimate of drug-likeness (QED) is 0.193. The highest BCUT2D eigenvalue weighted by Crippen LogP contribution is 2.47. The summed E-state index contributed by atoms with van der Waals surface area (Å²) in [6, 6.07) is 19.5. The van der Waals surface area contributed by atoms with Crippen LogP contribution in [-0.4, -0.2) is 38.6 Å². The summed E-state index contributed by atoms with van der Waals surface area (Å²) in [6.45, 7) is 2.72. The number of carbonyl (C=O) groups excluding carboxylic acids is 1. The van der Waals surface area contributed by atoms with Crippen molar-refractivity contribution in [2.45, 2.75) is 11.8 Å². The number of fused-ring (bicyclic) bond motifs is 1. The molecule has 2 aromatic heterocycles. The molecule has 0 radical (unpaired) electrons. The summed E-state index contributed by atoms with van der Waals surface area (Å²) < 4.78 is 49.7. The lowest BCUT2D eigenvalue weighted by Crippen LogP contribution is -2.50. The number of aromatic nitrogens is 1. The first-order valence-corrected chi connectivity index (χ1v) is 15.6. The number of hydrogen-bond acceptors (Lipinski definition) is 7. The number of thiophene rings is 1. The summed E-state index contributed by atoms with van der Waals surface area (Å²) >= 11 is 8.02. The SMILES string of the molecule is COC(=O)C1CN(c2ccc(Cl)c(-c3c(-c4ccsc4C#N)c4cc(F)ccc4n3S(=O)(=O)c3ccc(C)cc3)c2)C1. The first-order chi connectivity index (χ1) is 20.1. The summed E-state index contributed by atoms with van der Waals surface area (Å²) in [5, 5.41) is 12.2. The summed E-state index contributed by atoms with van der Waals surface area (Å²) in [7, 11) is -2.90. The van der Waals surface area contributed by atoms with E-state index >= 15 is 0 Å². The molecule has 1 aliphatic rings. The first kappa shape index (κ1) is 28.0. The maximum Gasteiger partial charge on any atom is 0.312 e. The van der Waals surface area contributed by atoms with Crippen LogP contribution in [0.25, 0.3) is 33.3 Å². The van der Waals surface area contributed by atoms with Gasteiger partial charge in [-0.25, -0.2) is 16.8 Å². The van der Waals surface area contributed by atoms with E-state index in [0.29, 0.717) is 40.0 Å². The first-order valence-electron chi connectivity index (χ1n) is 12.9. The van der Waals surface area contributed by atoms with E-state index in [2.05, 4.69) is 6.07 Å². The Bertz CT molecular complexity index is 2020. The fourth-order valence-electron chi connectivity index (χ4n) is 5.31. The predicted octanol–water partition coefficient (Wildman–Crippen LogP) is 6.86. The lowest BCUT2D eigenvalue weighted by Gasteiger charge is -2.39. The van der Waals surface area contributed by atoms with Gasteiger partial charge in [0.1, 0.15) is 16.8 Å². The van der Waals surface area contributed by atoms with Crippen LogP contribution in [0.2, 0.25) is 5.02 Å². The number of anilines is 1. The van der Waals surface area contributed by atoms with Crippen molar-refractivity contribution in [3.63, 3.8) is 0 Å². The number of halogens is 2. The third-order valence-corrected chi connectivity index (χ3v) is 10.3. The van der Waals surface area contributed by atoms with Gasteiger partial charge in [-0.3, -0.25) is 4.79 Å². The summed E-state index contributed by atoms with van der Waals surface area (Å²) in [6.07, 6.45) is 0. The van der Waals surface area contributed by atoms with Crippen molar-refractivity contribution in [2.75, 3.05) is 25.1 Å². The molecule has 3 aromatic carbocycles. The standard InChI is InChI=1S/C31H23ClFN3O4S2/c1-18-3-7-22(8-4-18)42(38,39)36-27-10-5-20(33)13-25(27)29(23-11-12-41-28(23)15-34)30(36)24-14-21(6-9-26(24)32)35-16-19(17-35)31(37)40-2/h3-14,19H,16-17H2,1-2H3. The normalized spacial score (nSPS) is 13.6. The van der Waals surface area contributed by atoms with Gasteiger partial charge in [0.15, 0.2) is 0 Å². The van der Waals surface area contributed by atoms with Crippen LogP contribution in [0, 0.1) is 30.0 Å². The molecule has 212 valence electrons. The van der Waals surface area contributed by atoms with Gasteiger partial charge in [0.25, 0.3) is 10.0 Å². The van der Waals surface area contributed by atoms with E-state index in [1.807, 2.05) is 11.8 Å². The van der Waals surface area contributed by atoms with Gasteiger partial charge in [-0.05, 0) is 66.9 Å². The number of hydrogen-bond donors (Lipinski definition) is 0. The molecule has 0 atom stereocenters. The van der Waals surface area contributed by atoms with E-state index in [4.69, 9.17) is 16.3 Å². The van der Waals surface area contributed by atoms with Crippen LogP contribution in [0.3, 0.4) is 0 Å². The fourth-order valence-corrected chi connectivity index (χ4v) is 7.74. The van der Waals surface area contributed by atoms with Crippen LogP contribution in [0.5, 0.6) is 0 Å². The summed E-state index contributed by atoms with van der Waals surface area (Å²) in [5.74, 6) is -1.12. The van der Waals surface area contributed by atoms with Gasteiger partial charge in [-0.1, -0.05) is 29.3 Å². The van der Waals surface area contributed by atoms with Gasteiger partial charge in [0, 0.05) is 40.9 Å². The Hall–Kier alpha value is -4.17. The molecule has 0 spiro atoms. The van der Waals surface area contributed by atoms with Crippen molar-refractivity contribution >= 4 is 55.5 Å². The predicted molar refractivity (Wildman–Crippen MR) is 162 cm³/mol. The Kier molecular flexibility index (Phi) is 7.05. The Labute approximate surface area is 251 Å². The maximum atomic E-state index is 14.8. The largest absolute Gasteiger partial charge is 0.469 e. The fraction of sp³-hybridized carbons (Fsp3) is 0.161. The molecule has 0 amide bonds. The number of rotatable bonds is 6. The Morgan fingerprint density at radius 1 is 1.07 bits per heavy atom. The molecular weight excluding hydrogens is 597 g/mol. The molecule has 5 aromatic rings. The number of ether oxygens (including phenoxy) is 1. The van der Waals surface area contributed by atoms with E-state index in [1.54, 1.807) is 41.8 Å². The maximum absolute atomic E-state index is 14.8. The van der Waals surface area contributed by atoms with Crippen LogP contribution in [-0.2, 0) is 19.6 Å². The second-order valence-electron chi connectivity index (χ2n) is 10.0. The monoisotopic (exact) mass is 619 g/mol. The second-order valence-corrected chi connectivity index (χ2v) is 13.1. The van der Waals surface area contributed by atoms with Crippen molar-refractivity contribution in [3.05, 3.63) is 93.4 Å². The van der Waals surface area contributed by atoms with E-state index in [0.717, 1.165) is 11.3 Å². The highest BCUT2D eigenvalue weighted by molar-refractivity contribution is 7.90. The van der Waals surface area contributed by atoms with Crippen LogP contribution in [0.1, 0.15) is 10.4 Å². The summed E-state index contributed by atoms with van der Waals surface area (Å²) in [4.78, 5) is 14.4. The Morgan fingerprint density at radius 2 is 1.81 bits per heavy atom. The number of methoxy groups -OCH3 is 1. The minimum absolute atomic E-state index is 0.0453. The van der Waals surface area contributed by atoms with Gasteiger partial charge in [-0.2, -0.15) is 5.26 Å². The van der Waals surface area contributed by atoms with E-state index < -0.39 is 15.8 Å². The third kappa shape index (κ3) is 4.54. The van der Waals surface area contributed by atoms with Gasteiger partial charge in [-0.15, -0.1) is 11.3 Å². The molecule has 0 saturated carbocycles. The van der Waals surface area contributed by atoms with Crippen LogP contribution < -0.4 is 4.90 Å². The van der Waals surface area contributed by atoms with E-state index in [1.165, 1.54) is 52.8 Å². The van der Waals surface area contributed by atoms with Gasteiger partial charge >= 0.3 is 5.97 Å². The molecule has 6 rings (SSSR count). The smallest absolute Gasteiger partial charge is 0.312 e. The lowest BCUT2D eigenvalue weighted by molar-refractivity contribution is -0.146. The minimum atomic E-state index is -4.25. The van der Waals surface area contributed by atoms with Crippen molar-refractivity contribution in [1.82, 2.24) is 3.97 Å². The van der Waals surface area contributed by atoms with Crippen molar-refractivity contribution in [2.24, 2.45) is 5.92 Å². The molecule has 42 heavy (non-hydrogen) atoms. The van der Waals surface area contributed by atoms with Crippen molar-refractivity contribution in [3.8, 4) is 28.5 Å². The average Bonchev–Trinajstić information content (AvgIpc) is 3.55. The van der Waals surface area contributed by atoms with Gasteiger partial charge < -0.3 is 9.64 Å². The van der Waals surface area contributed by atoms with Gasteiger partial charge in [0.2, 0.25) is 0 Å².